The van der Waals surface area contributed by atoms with Crippen LogP contribution < -0.4 is 5.32 Å². The number of nitrogens with one attached hydrogen (secondary N) is 1. The molecule has 0 aliphatic heterocycles. The van der Waals surface area contributed by atoms with Crippen LogP contribution in [0.3, 0.4) is 0 Å². The van der Waals surface area contributed by atoms with Gasteiger partial charge in [0.2, 0.25) is 0 Å². The van der Waals surface area contributed by atoms with Crippen molar-refractivity contribution in [1.29, 1.82) is 0 Å². The Kier molecular flexibility index (Phi) is 8.11. The Hall–Kier alpha value is -1.30. The summed E-state index contributed by atoms with van der Waals surface area (Å²) >= 11 is 0. The second kappa shape index (κ2) is 8.74. The second-order valence-corrected chi connectivity index (χ2v) is 4.43. The van der Waals surface area contributed by atoms with Crippen LogP contribution in [0.1, 0.15) is 27.7 Å². The highest BCUT2D eigenvalue weighted by Crippen LogP contribution is 2.00. The van der Waals surface area contributed by atoms with Gasteiger partial charge in [0.25, 0.3) is 0 Å². The summed E-state index contributed by atoms with van der Waals surface area (Å²) in [6, 6.07) is -0.252. The molecule has 0 aromatic carbocycles. The highest BCUT2D eigenvalue weighted by Gasteiger charge is 2.18. The first kappa shape index (κ1) is 16.7. The van der Waals surface area contributed by atoms with Gasteiger partial charge >= 0.3 is 12.0 Å². The summed E-state index contributed by atoms with van der Waals surface area (Å²) in [5, 5.41) is 11.5. The lowest BCUT2D eigenvalue weighted by molar-refractivity contribution is -0.141. The highest BCUT2D eigenvalue weighted by molar-refractivity contribution is 5.75. The number of hydrogen-bond acceptors (Lipinski definition) is 3. The molecule has 6 heteroatoms. The Morgan fingerprint density at radius 2 is 1.94 bits per heavy atom. The molecule has 2 N–H and O–H groups in total. The van der Waals surface area contributed by atoms with E-state index < -0.39 is 11.9 Å². The molecule has 106 valence electrons. The Balaban J connectivity index is 4.00. The molecule has 0 radical (unpaired) electrons. The second-order valence-electron chi connectivity index (χ2n) is 4.43. The maximum atomic E-state index is 11.7. The molecular formula is C12H24N2O4. The Labute approximate surface area is 108 Å². The van der Waals surface area contributed by atoms with Crippen LogP contribution in [0.15, 0.2) is 0 Å². The molecular weight excluding hydrogens is 236 g/mol. The fraction of sp³-hybridized carbons (Fsp3) is 0.833. The van der Waals surface area contributed by atoms with E-state index in [1.807, 2.05) is 20.8 Å². The summed E-state index contributed by atoms with van der Waals surface area (Å²) in [5.74, 6) is -1.47. The maximum Gasteiger partial charge on any atom is 0.317 e. The number of hydrogen-bond donors (Lipinski definition) is 2. The lowest BCUT2D eigenvalue weighted by atomic mass is 10.2. The molecule has 6 nitrogen and oxygen atoms in total. The molecule has 0 aromatic rings. The molecule has 0 rings (SSSR count). The summed E-state index contributed by atoms with van der Waals surface area (Å²) in [6.07, 6.45) is 0.135. The first-order valence-electron chi connectivity index (χ1n) is 6.25. The minimum Gasteiger partial charge on any atom is -0.481 e. The Bertz CT molecular complexity index is 269. The molecule has 18 heavy (non-hydrogen) atoms. The first-order valence-corrected chi connectivity index (χ1v) is 6.25. The summed E-state index contributed by atoms with van der Waals surface area (Å²) in [5.41, 5.74) is 0. The number of aliphatic carboxylic acids is 1. The number of carboxylic acid groups (broad SMARTS) is 1. The quantitative estimate of drug-likeness (QED) is 0.642. The SMILES string of the molecule is CCN(CC(C)C(=O)O)C(=O)NCCOC(C)C. The molecule has 0 aliphatic rings. The van der Waals surface area contributed by atoms with Gasteiger partial charge < -0.3 is 20.1 Å². The van der Waals surface area contributed by atoms with Gasteiger partial charge in [0.1, 0.15) is 0 Å². The van der Waals surface area contributed by atoms with Gasteiger partial charge in [-0.3, -0.25) is 4.79 Å². The van der Waals surface area contributed by atoms with E-state index in [1.165, 1.54) is 4.90 Å². The number of carbonyl (C=O) groups is 2. The zero-order valence-corrected chi connectivity index (χ0v) is 11.6. The van der Waals surface area contributed by atoms with Gasteiger partial charge in [-0.15, -0.1) is 0 Å². The van der Waals surface area contributed by atoms with Crippen LogP contribution in [0, 0.1) is 5.92 Å². The van der Waals surface area contributed by atoms with E-state index in [0.29, 0.717) is 19.7 Å². The van der Waals surface area contributed by atoms with E-state index in [9.17, 15) is 9.59 Å². The zero-order valence-electron chi connectivity index (χ0n) is 11.6. The molecule has 0 fully saturated rings. The molecule has 0 aliphatic carbocycles. The molecule has 1 atom stereocenters. The van der Waals surface area contributed by atoms with Gasteiger partial charge in [0, 0.05) is 19.6 Å². The van der Waals surface area contributed by atoms with Crippen molar-refractivity contribution in [1.82, 2.24) is 10.2 Å². The van der Waals surface area contributed by atoms with Gasteiger partial charge in [-0.25, -0.2) is 4.79 Å². The van der Waals surface area contributed by atoms with Crippen LogP contribution in [0.25, 0.3) is 0 Å². The minimum atomic E-state index is -0.899. The van der Waals surface area contributed by atoms with Gasteiger partial charge in [0.05, 0.1) is 18.6 Å². The van der Waals surface area contributed by atoms with E-state index in [0.717, 1.165) is 0 Å². The lowest BCUT2D eigenvalue weighted by Crippen LogP contribution is -2.44. The number of urea groups is 1. The van der Waals surface area contributed by atoms with Crippen molar-refractivity contribution in [3.8, 4) is 0 Å². The topological polar surface area (TPSA) is 78.9 Å². The van der Waals surface area contributed by atoms with Crippen molar-refractivity contribution >= 4 is 12.0 Å². The van der Waals surface area contributed by atoms with Gasteiger partial charge in [0.15, 0.2) is 0 Å². The van der Waals surface area contributed by atoms with E-state index >= 15 is 0 Å². The minimum absolute atomic E-state index is 0.135. The average Bonchev–Trinajstić information content (AvgIpc) is 2.30. The number of carboxylic acids is 1. The van der Waals surface area contributed by atoms with Crippen molar-refractivity contribution in [2.45, 2.75) is 33.8 Å². The van der Waals surface area contributed by atoms with Crippen molar-refractivity contribution in [3.63, 3.8) is 0 Å². The number of amides is 2. The molecule has 0 saturated carbocycles. The standard InChI is InChI=1S/C12H24N2O4/c1-5-14(8-10(4)11(15)16)12(17)13-6-7-18-9(2)3/h9-10H,5-8H2,1-4H3,(H,13,17)(H,15,16). The van der Waals surface area contributed by atoms with Crippen molar-refractivity contribution in [2.24, 2.45) is 5.92 Å². The average molecular weight is 260 g/mol. The summed E-state index contributed by atoms with van der Waals surface area (Å²) < 4.78 is 5.30. The first-order chi connectivity index (χ1) is 8.38. The van der Waals surface area contributed by atoms with Crippen molar-refractivity contribution in [2.75, 3.05) is 26.2 Å². The predicted octanol–water partition coefficient (Wildman–Crippen LogP) is 1.16. The smallest absolute Gasteiger partial charge is 0.317 e. The molecule has 2 amide bonds. The molecule has 1 unspecified atom stereocenters. The highest BCUT2D eigenvalue weighted by atomic mass is 16.5. The fourth-order valence-electron chi connectivity index (χ4n) is 1.33. The van der Waals surface area contributed by atoms with Crippen LogP contribution in [-0.2, 0) is 9.53 Å². The summed E-state index contributed by atoms with van der Waals surface area (Å²) in [7, 11) is 0. The fourth-order valence-corrected chi connectivity index (χ4v) is 1.33. The lowest BCUT2D eigenvalue weighted by Gasteiger charge is -2.23. The normalized spacial score (nSPS) is 12.3. The summed E-state index contributed by atoms with van der Waals surface area (Å²) in [4.78, 5) is 24.0. The Morgan fingerprint density at radius 3 is 2.39 bits per heavy atom. The van der Waals surface area contributed by atoms with Crippen LogP contribution in [0.4, 0.5) is 4.79 Å². The third kappa shape index (κ3) is 7.11. The third-order valence-electron chi connectivity index (χ3n) is 2.41. The van der Waals surface area contributed by atoms with Crippen LogP contribution >= 0.6 is 0 Å². The Morgan fingerprint density at radius 1 is 1.33 bits per heavy atom. The summed E-state index contributed by atoms with van der Waals surface area (Å²) in [6.45, 7) is 8.82. The number of carbonyl (C=O) groups excluding carboxylic acids is 1. The maximum absolute atomic E-state index is 11.7. The van der Waals surface area contributed by atoms with Crippen molar-refractivity contribution in [3.05, 3.63) is 0 Å². The van der Waals surface area contributed by atoms with E-state index in [-0.39, 0.29) is 18.7 Å². The number of ether oxygens (including phenoxy) is 1. The third-order valence-corrected chi connectivity index (χ3v) is 2.41. The largest absolute Gasteiger partial charge is 0.481 e. The van der Waals surface area contributed by atoms with Gasteiger partial charge in [-0.1, -0.05) is 6.92 Å². The van der Waals surface area contributed by atoms with Gasteiger partial charge in [-0.2, -0.15) is 0 Å². The number of rotatable bonds is 8. The number of nitrogens with zero attached hydrogens (tertiary/aromatic N) is 1. The molecule has 0 saturated heterocycles. The monoisotopic (exact) mass is 260 g/mol. The molecule has 0 spiro atoms. The van der Waals surface area contributed by atoms with E-state index in [1.54, 1.807) is 6.92 Å². The van der Waals surface area contributed by atoms with Crippen molar-refractivity contribution < 1.29 is 19.4 Å². The molecule has 0 aromatic heterocycles. The van der Waals surface area contributed by atoms with Crippen LogP contribution in [0.2, 0.25) is 0 Å². The zero-order chi connectivity index (χ0) is 14.1. The predicted molar refractivity (Wildman–Crippen MR) is 68.5 cm³/mol. The molecule has 0 heterocycles. The van der Waals surface area contributed by atoms with E-state index in [4.69, 9.17) is 9.84 Å². The van der Waals surface area contributed by atoms with E-state index in [2.05, 4.69) is 5.32 Å². The van der Waals surface area contributed by atoms with Crippen LogP contribution in [0.5, 0.6) is 0 Å². The van der Waals surface area contributed by atoms with Gasteiger partial charge in [-0.05, 0) is 20.8 Å². The van der Waals surface area contributed by atoms with Crippen LogP contribution in [-0.4, -0.2) is 54.4 Å². The molecule has 0 bridgehead atoms.